The first-order valence-electron chi connectivity index (χ1n) is 8.67. The SMILES string of the molecule is N#Cc1c(N)nc2c(c1-c1cnc(SCc3ccccc3)nc1)CNCC2. The van der Waals surface area contributed by atoms with Crippen LogP contribution in [0.4, 0.5) is 5.82 Å². The van der Waals surface area contributed by atoms with Gasteiger partial charge in [0.05, 0.1) is 0 Å². The Morgan fingerprint density at radius 2 is 1.96 bits per heavy atom. The summed E-state index contributed by atoms with van der Waals surface area (Å²) in [4.78, 5) is 13.4. The summed E-state index contributed by atoms with van der Waals surface area (Å²) in [5, 5.41) is 13.6. The predicted octanol–water partition coefficient (Wildman–Crippen LogP) is 2.93. The molecule has 0 unspecified atom stereocenters. The lowest BCUT2D eigenvalue weighted by Gasteiger charge is -2.21. The summed E-state index contributed by atoms with van der Waals surface area (Å²) in [7, 11) is 0. The third-order valence-corrected chi connectivity index (χ3v) is 5.44. The van der Waals surface area contributed by atoms with Crippen molar-refractivity contribution in [3.05, 3.63) is 65.1 Å². The van der Waals surface area contributed by atoms with Crippen LogP contribution >= 0.6 is 11.8 Å². The maximum Gasteiger partial charge on any atom is 0.187 e. The van der Waals surface area contributed by atoms with Gasteiger partial charge in [-0.05, 0) is 11.1 Å². The molecule has 0 aliphatic carbocycles. The topological polar surface area (TPSA) is 101 Å². The van der Waals surface area contributed by atoms with E-state index >= 15 is 0 Å². The van der Waals surface area contributed by atoms with Crippen LogP contribution in [0, 0.1) is 11.3 Å². The van der Waals surface area contributed by atoms with Crippen LogP contribution in [-0.2, 0) is 18.7 Å². The highest BCUT2D eigenvalue weighted by molar-refractivity contribution is 7.98. The van der Waals surface area contributed by atoms with E-state index in [1.807, 2.05) is 18.2 Å². The van der Waals surface area contributed by atoms with Crippen LogP contribution in [-0.4, -0.2) is 21.5 Å². The first-order chi connectivity index (χ1) is 13.3. The lowest BCUT2D eigenvalue weighted by Crippen LogP contribution is -2.26. The molecule has 2 aromatic heterocycles. The van der Waals surface area contributed by atoms with Crippen molar-refractivity contribution in [2.24, 2.45) is 0 Å². The Bertz CT molecular complexity index is 996. The van der Waals surface area contributed by atoms with Crippen LogP contribution < -0.4 is 11.1 Å². The van der Waals surface area contributed by atoms with Gasteiger partial charge in [0.15, 0.2) is 5.16 Å². The van der Waals surface area contributed by atoms with Gasteiger partial charge < -0.3 is 11.1 Å². The summed E-state index contributed by atoms with van der Waals surface area (Å²) < 4.78 is 0. The highest BCUT2D eigenvalue weighted by Gasteiger charge is 2.22. The summed E-state index contributed by atoms with van der Waals surface area (Å²) in [5.74, 6) is 1.08. The van der Waals surface area contributed by atoms with E-state index in [-0.39, 0.29) is 5.82 Å². The van der Waals surface area contributed by atoms with E-state index in [9.17, 15) is 5.26 Å². The van der Waals surface area contributed by atoms with Gasteiger partial charge in [-0.3, -0.25) is 0 Å². The normalized spacial score (nSPS) is 13.0. The summed E-state index contributed by atoms with van der Waals surface area (Å²) in [5.41, 5.74) is 11.2. The Balaban J connectivity index is 1.64. The average molecular weight is 374 g/mol. The van der Waals surface area contributed by atoms with Gasteiger partial charge >= 0.3 is 0 Å². The Hall–Kier alpha value is -2.95. The number of nitriles is 1. The molecule has 3 aromatic rings. The van der Waals surface area contributed by atoms with Crippen molar-refractivity contribution in [3.63, 3.8) is 0 Å². The Kier molecular flexibility index (Phi) is 5.01. The van der Waals surface area contributed by atoms with E-state index in [0.29, 0.717) is 17.3 Å². The Morgan fingerprint density at radius 1 is 1.19 bits per heavy atom. The maximum absolute atomic E-state index is 9.59. The van der Waals surface area contributed by atoms with Crippen LogP contribution in [0.2, 0.25) is 0 Å². The molecule has 0 saturated carbocycles. The fraction of sp³-hybridized carbons (Fsp3) is 0.200. The molecule has 0 fully saturated rings. The summed E-state index contributed by atoms with van der Waals surface area (Å²) in [6.45, 7) is 1.52. The van der Waals surface area contributed by atoms with Gasteiger partial charge in [0.1, 0.15) is 17.5 Å². The monoisotopic (exact) mass is 374 g/mol. The smallest absolute Gasteiger partial charge is 0.187 e. The highest BCUT2D eigenvalue weighted by Crippen LogP contribution is 2.33. The number of rotatable bonds is 4. The first-order valence-corrected chi connectivity index (χ1v) is 9.66. The lowest BCUT2D eigenvalue weighted by atomic mass is 9.93. The second-order valence-corrected chi connectivity index (χ2v) is 7.18. The number of nitrogens with one attached hydrogen (secondary N) is 1. The van der Waals surface area contributed by atoms with Gasteiger partial charge in [0.25, 0.3) is 0 Å². The molecule has 0 bridgehead atoms. The average Bonchev–Trinajstić information content (AvgIpc) is 2.72. The van der Waals surface area contributed by atoms with Crippen LogP contribution in [0.15, 0.2) is 47.9 Å². The second kappa shape index (κ2) is 7.74. The zero-order valence-electron chi connectivity index (χ0n) is 14.6. The zero-order chi connectivity index (χ0) is 18.6. The molecule has 1 aliphatic rings. The Labute approximate surface area is 161 Å². The molecule has 0 atom stereocenters. The molecule has 0 amide bonds. The summed E-state index contributed by atoms with van der Waals surface area (Å²) in [6, 6.07) is 12.4. The van der Waals surface area contributed by atoms with Crippen LogP contribution in [0.3, 0.4) is 0 Å². The van der Waals surface area contributed by atoms with Crippen LogP contribution in [0.1, 0.15) is 22.4 Å². The van der Waals surface area contributed by atoms with Crippen molar-refractivity contribution in [3.8, 4) is 17.2 Å². The van der Waals surface area contributed by atoms with Crippen molar-refractivity contribution in [1.29, 1.82) is 5.26 Å². The molecule has 1 aromatic carbocycles. The fourth-order valence-corrected chi connectivity index (χ4v) is 3.93. The molecule has 4 rings (SSSR count). The summed E-state index contributed by atoms with van der Waals surface area (Å²) >= 11 is 1.58. The van der Waals surface area contributed by atoms with E-state index in [2.05, 4.69) is 38.5 Å². The van der Waals surface area contributed by atoms with Crippen molar-refractivity contribution in [2.75, 3.05) is 12.3 Å². The van der Waals surface area contributed by atoms with Crippen LogP contribution in [0.5, 0.6) is 0 Å². The molecule has 0 spiro atoms. The molecule has 3 N–H and O–H groups in total. The molecule has 7 heteroatoms. The first kappa shape index (κ1) is 17.5. The highest BCUT2D eigenvalue weighted by atomic mass is 32.2. The molecule has 27 heavy (non-hydrogen) atoms. The van der Waals surface area contributed by atoms with Gasteiger partial charge in [0.2, 0.25) is 0 Å². The molecule has 3 heterocycles. The fourth-order valence-electron chi connectivity index (χ4n) is 3.18. The van der Waals surface area contributed by atoms with Crippen molar-refractivity contribution in [2.45, 2.75) is 23.9 Å². The van der Waals surface area contributed by atoms with Gasteiger partial charge in [0, 0.05) is 54.5 Å². The largest absolute Gasteiger partial charge is 0.383 e. The molecule has 1 aliphatic heterocycles. The number of hydrogen-bond donors (Lipinski definition) is 2. The predicted molar refractivity (Wildman–Crippen MR) is 106 cm³/mol. The molecule has 134 valence electrons. The molecular formula is C20H18N6S. The van der Waals surface area contributed by atoms with E-state index in [1.54, 1.807) is 24.2 Å². The van der Waals surface area contributed by atoms with E-state index < -0.39 is 0 Å². The number of nitrogen functional groups attached to an aromatic ring is 1. The van der Waals surface area contributed by atoms with Gasteiger partial charge in [-0.1, -0.05) is 42.1 Å². The van der Waals surface area contributed by atoms with Gasteiger partial charge in [-0.2, -0.15) is 5.26 Å². The minimum atomic E-state index is 0.274. The zero-order valence-corrected chi connectivity index (χ0v) is 15.5. The number of nitrogens with zero attached hydrogens (tertiary/aromatic N) is 4. The van der Waals surface area contributed by atoms with Gasteiger partial charge in [-0.25, -0.2) is 15.0 Å². The third kappa shape index (κ3) is 3.63. The number of thioether (sulfide) groups is 1. The number of benzene rings is 1. The van der Waals surface area contributed by atoms with E-state index in [0.717, 1.165) is 41.1 Å². The maximum atomic E-state index is 9.59. The van der Waals surface area contributed by atoms with Crippen molar-refractivity contribution < 1.29 is 0 Å². The number of nitrogens with two attached hydrogens (primary N) is 1. The third-order valence-electron chi connectivity index (χ3n) is 4.49. The van der Waals surface area contributed by atoms with Crippen molar-refractivity contribution >= 4 is 17.6 Å². The van der Waals surface area contributed by atoms with E-state index in [1.165, 1.54) is 5.56 Å². The van der Waals surface area contributed by atoms with Gasteiger partial charge in [-0.15, -0.1) is 0 Å². The quantitative estimate of drug-likeness (QED) is 0.535. The lowest BCUT2D eigenvalue weighted by molar-refractivity contribution is 0.632. The number of aromatic nitrogens is 3. The number of pyridine rings is 1. The molecule has 0 saturated heterocycles. The second-order valence-electron chi connectivity index (χ2n) is 6.24. The molecule has 0 radical (unpaired) electrons. The number of fused-ring (bicyclic) bond motifs is 1. The minimum Gasteiger partial charge on any atom is -0.383 e. The molecular weight excluding hydrogens is 356 g/mol. The molecule has 6 nitrogen and oxygen atoms in total. The van der Waals surface area contributed by atoms with E-state index in [4.69, 9.17) is 5.73 Å². The number of anilines is 1. The Morgan fingerprint density at radius 3 is 2.70 bits per heavy atom. The minimum absolute atomic E-state index is 0.274. The number of hydrogen-bond acceptors (Lipinski definition) is 7. The standard InChI is InChI=1S/C20H18N6S/c21-8-15-18(16-11-23-7-6-17(16)26-19(15)22)14-9-24-20(25-10-14)27-12-13-4-2-1-3-5-13/h1-5,9-10,23H,6-7,11-12H2,(H2,22,26). The van der Waals surface area contributed by atoms with Crippen molar-refractivity contribution in [1.82, 2.24) is 20.3 Å². The van der Waals surface area contributed by atoms with Crippen LogP contribution in [0.25, 0.3) is 11.1 Å². The summed E-state index contributed by atoms with van der Waals surface area (Å²) in [6.07, 6.45) is 4.33.